The fraction of sp³-hybridized carbons (Fsp3) is 0.125. The van der Waals surface area contributed by atoms with Crippen LogP contribution in [0, 0.1) is 13.8 Å². The third kappa shape index (κ3) is 4.31. The molecule has 0 aliphatic heterocycles. The maximum atomic E-state index is 12.7. The first-order valence-corrected chi connectivity index (χ1v) is 11.4. The van der Waals surface area contributed by atoms with E-state index >= 15 is 0 Å². The summed E-state index contributed by atoms with van der Waals surface area (Å²) < 4.78 is 32.9. The Hall–Kier alpha value is -3.78. The van der Waals surface area contributed by atoms with E-state index in [0.717, 1.165) is 22.2 Å². The van der Waals surface area contributed by atoms with Crippen molar-refractivity contribution in [3.05, 3.63) is 83.6 Å². The topological polar surface area (TPSA) is 100 Å². The van der Waals surface area contributed by atoms with E-state index in [0.29, 0.717) is 22.7 Å². The number of ether oxygens (including phenoxy) is 1. The summed E-state index contributed by atoms with van der Waals surface area (Å²) in [4.78, 5) is 16.1. The minimum absolute atomic E-state index is 0.0890. The molecule has 4 rings (SSSR count). The van der Waals surface area contributed by atoms with Crippen LogP contribution in [0.25, 0.3) is 10.9 Å². The standard InChI is InChI=1S/C24H23N3O4S/c1-15-16(2)25-23-13-4-17(14-22(15)23)24(28)26-18-7-11-21(12-8-18)32(29,30)27-19-5-9-20(31-3)10-6-19/h4-14,25,27H,1-3H3,(H,26,28). The summed E-state index contributed by atoms with van der Waals surface area (Å²) in [6, 6.07) is 18.1. The number of aromatic amines is 1. The largest absolute Gasteiger partial charge is 0.497 e. The minimum Gasteiger partial charge on any atom is -0.497 e. The van der Waals surface area contributed by atoms with Gasteiger partial charge in [0.1, 0.15) is 5.75 Å². The average molecular weight is 450 g/mol. The summed E-state index contributed by atoms with van der Waals surface area (Å²) in [6.45, 7) is 4.00. The van der Waals surface area contributed by atoms with Crippen LogP contribution in [0.3, 0.4) is 0 Å². The molecule has 1 aromatic heterocycles. The Morgan fingerprint density at radius 1 is 0.906 bits per heavy atom. The molecule has 0 aliphatic carbocycles. The summed E-state index contributed by atoms with van der Waals surface area (Å²) in [6.07, 6.45) is 0. The number of fused-ring (bicyclic) bond motifs is 1. The van der Waals surface area contributed by atoms with Crippen molar-refractivity contribution in [2.45, 2.75) is 18.7 Å². The third-order valence-electron chi connectivity index (χ3n) is 5.34. The maximum Gasteiger partial charge on any atom is 0.261 e. The molecule has 0 fully saturated rings. The van der Waals surface area contributed by atoms with Crippen molar-refractivity contribution in [2.75, 3.05) is 17.1 Å². The first-order chi connectivity index (χ1) is 15.3. The van der Waals surface area contributed by atoms with E-state index in [9.17, 15) is 13.2 Å². The fourth-order valence-corrected chi connectivity index (χ4v) is 4.45. The van der Waals surface area contributed by atoms with Crippen LogP contribution in [0.1, 0.15) is 21.6 Å². The normalized spacial score (nSPS) is 11.3. The molecule has 1 amide bonds. The zero-order valence-corrected chi connectivity index (χ0v) is 18.7. The fourth-order valence-electron chi connectivity index (χ4n) is 3.40. The molecule has 164 valence electrons. The van der Waals surface area contributed by atoms with Crippen LogP contribution in [0.2, 0.25) is 0 Å². The number of H-pyrrole nitrogens is 1. The highest BCUT2D eigenvalue weighted by molar-refractivity contribution is 7.92. The van der Waals surface area contributed by atoms with Crippen molar-refractivity contribution in [1.29, 1.82) is 0 Å². The molecule has 7 nitrogen and oxygen atoms in total. The van der Waals surface area contributed by atoms with Crippen molar-refractivity contribution in [3.8, 4) is 5.75 Å². The van der Waals surface area contributed by atoms with Crippen molar-refractivity contribution >= 4 is 38.2 Å². The highest BCUT2D eigenvalue weighted by Gasteiger charge is 2.15. The lowest BCUT2D eigenvalue weighted by Crippen LogP contribution is -2.14. The van der Waals surface area contributed by atoms with Gasteiger partial charge < -0.3 is 15.0 Å². The predicted molar refractivity (Wildman–Crippen MR) is 126 cm³/mol. The molecule has 0 unspecified atom stereocenters. The van der Waals surface area contributed by atoms with E-state index in [1.807, 2.05) is 26.0 Å². The number of benzene rings is 3. The highest BCUT2D eigenvalue weighted by atomic mass is 32.2. The van der Waals surface area contributed by atoms with Gasteiger partial charge in [-0.05, 0) is 86.1 Å². The van der Waals surface area contributed by atoms with Crippen LogP contribution in [0.15, 0.2) is 71.6 Å². The molecule has 3 N–H and O–H groups in total. The van der Waals surface area contributed by atoms with Gasteiger partial charge in [0.15, 0.2) is 0 Å². The quantitative estimate of drug-likeness (QED) is 0.392. The van der Waals surface area contributed by atoms with Gasteiger partial charge in [-0.15, -0.1) is 0 Å². The first kappa shape index (κ1) is 21.5. The van der Waals surface area contributed by atoms with Gasteiger partial charge >= 0.3 is 0 Å². The number of methoxy groups -OCH3 is 1. The summed E-state index contributed by atoms with van der Waals surface area (Å²) in [5, 5.41) is 3.81. The summed E-state index contributed by atoms with van der Waals surface area (Å²) in [5.74, 6) is 0.367. The molecular weight excluding hydrogens is 426 g/mol. The molecule has 0 saturated heterocycles. The first-order valence-electron chi connectivity index (χ1n) is 9.94. The zero-order chi connectivity index (χ0) is 22.9. The SMILES string of the molecule is COc1ccc(NS(=O)(=O)c2ccc(NC(=O)c3ccc4[nH]c(C)c(C)c4c3)cc2)cc1. The second kappa shape index (κ2) is 8.39. The molecule has 4 aromatic rings. The molecule has 0 spiro atoms. The minimum atomic E-state index is -3.76. The predicted octanol–water partition coefficient (Wildman–Crippen LogP) is 4.85. The van der Waals surface area contributed by atoms with Crippen LogP contribution in [0.5, 0.6) is 5.75 Å². The molecular formula is C24H23N3O4S. The molecule has 0 radical (unpaired) electrons. The Labute approximate surface area is 186 Å². The second-order valence-electron chi connectivity index (χ2n) is 7.45. The van der Waals surface area contributed by atoms with Crippen LogP contribution in [-0.2, 0) is 10.0 Å². The molecule has 32 heavy (non-hydrogen) atoms. The van der Waals surface area contributed by atoms with Crippen molar-refractivity contribution in [2.24, 2.45) is 0 Å². The Morgan fingerprint density at radius 3 is 2.22 bits per heavy atom. The lowest BCUT2D eigenvalue weighted by atomic mass is 10.1. The van der Waals surface area contributed by atoms with Gasteiger partial charge in [-0.3, -0.25) is 9.52 Å². The highest BCUT2D eigenvalue weighted by Crippen LogP contribution is 2.24. The lowest BCUT2D eigenvalue weighted by molar-refractivity contribution is 0.102. The maximum absolute atomic E-state index is 12.7. The molecule has 0 saturated carbocycles. The van der Waals surface area contributed by atoms with Gasteiger partial charge in [-0.2, -0.15) is 0 Å². The Balaban J connectivity index is 1.48. The Kier molecular flexibility index (Phi) is 5.63. The molecule has 8 heteroatoms. The zero-order valence-electron chi connectivity index (χ0n) is 17.9. The molecule has 3 aromatic carbocycles. The van der Waals surface area contributed by atoms with Gasteiger partial charge in [0.05, 0.1) is 12.0 Å². The van der Waals surface area contributed by atoms with Gasteiger partial charge in [0.25, 0.3) is 15.9 Å². The van der Waals surface area contributed by atoms with Gasteiger partial charge in [-0.1, -0.05) is 0 Å². The number of amides is 1. The van der Waals surface area contributed by atoms with E-state index in [2.05, 4.69) is 15.0 Å². The summed E-state index contributed by atoms with van der Waals surface area (Å²) in [5.41, 5.74) is 4.61. The number of hydrogen-bond donors (Lipinski definition) is 3. The number of aryl methyl sites for hydroxylation is 2. The number of rotatable bonds is 6. The van der Waals surface area contributed by atoms with Crippen LogP contribution < -0.4 is 14.8 Å². The third-order valence-corrected chi connectivity index (χ3v) is 6.73. The van der Waals surface area contributed by atoms with Crippen LogP contribution in [0.4, 0.5) is 11.4 Å². The van der Waals surface area contributed by atoms with E-state index in [1.54, 1.807) is 49.6 Å². The Bertz CT molecular complexity index is 1390. The van der Waals surface area contributed by atoms with Crippen LogP contribution >= 0.6 is 0 Å². The van der Waals surface area contributed by atoms with Crippen molar-refractivity contribution in [3.63, 3.8) is 0 Å². The smallest absolute Gasteiger partial charge is 0.261 e. The summed E-state index contributed by atoms with van der Waals surface area (Å²) >= 11 is 0. The van der Waals surface area contributed by atoms with Gasteiger partial charge in [0, 0.05) is 33.5 Å². The van der Waals surface area contributed by atoms with E-state index in [4.69, 9.17) is 4.74 Å². The van der Waals surface area contributed by atoms with E-state index in [1.165, 1.54) is 12.1 Å². The lowest BCUT2D eigenvalue weighted by Gasteiger charge is -2.10. The number of hydrogen-bond acceptors (Lipinski definition) is 4. The molecule has 0 bridgehead atoms. The van der Waals surface area contributed by atoms with Crippen LogP contribution in [-0.4, -0.2) is 26.4 Å². The number of carbonyl (C=O) groups excluding carboxylic acids is 1. The van der Waals surface area contributed by atoms with Gasteiger partial charge in [-0.25, -0.2) is 8.42 Å². The van der Waals surface area contributed by atoms with Crippen molar-refractivity contribution in [1.82, 2.24) is 4.98 Å². The molecule has 0 aliphatic rings. The average Bonchev–Trinajstić information content (AvgIpc) is 3.07. The summed E-state index contributed by atoms with van der Waals surface area (Å²) in [7, 11) is -2.22. The van der Waals surface area contributed by atoms with E-state index < -0.39 is 10.0 Å². The van der Waals surface area contributed by atoms with E-state index in [-0.39, 0.29) is 10.8 Å². The monoisotopic (exact) mass is 449 g/mol. The number of nitrogens with one attached hydrogen (secondary N) is 3. The van der Waals surface area contributed by atoms with Crippen molar-refractivity contribution < 1.29 is 17.9 Å². The Morgan fingerprint density at radius 2 is 1.56 bits per heavy atom. The van der Waals surface area contributed by atoms with Gasteiger partial charge in [0.2, 0.25) is 0 Å². The molecule has 1 heterocycles. The number of sulfonamides is 1. The number of carbonyl (C=O) groups is 1. The number of aromatic nitrogens is 1. The number of anilines is 2. The second-order valence-corrected chi connectivity index (χ2v) is 9.13. The molecule has 0 atom stereocenters.